The molecule has 0 aliphatic carbocycles. The van der Waals surface area contributed by atoms with Crippen molar-refractivity contribution >= 4 is 5.82 Å². The van der Waals surface area contributed by atoms with E-state index in [0.717, 1.165) is 6.42 Å². The Kier molecular flexibility index (Phi) is 4.53. The van der Waals surface area contributed by atoms with E-state index in [2.05, 4.69) is 20.0 Å². The molecule has 7 heteroatoms. The van der Waals surface area contributed by atoms with Gasteiger partial charge in [-0.25, -0.2) is 4.98 Å². The van der Waals surface area contributed by atoms with Gasteiger partial charge in [0, 0.05) is 19.5 Å². The van der Waals surface area contributed by atoms with Crippen molar-refractivity contribution in [2.24, 2.45) is 0 Å². The largest absolute Gasteiger partial charge is 0.468 e. The maximum atomic E-state index is 12.0. The quantitative estimate of drug-likeness (QED) is 0.870. The van der Waals surface area contributed by atoms with Crippen LogP contribution in [0.2, 0.25) is 0 Å². The monoisotopic (exact) mass is 249 g/mol. The second kappa shape index (κ2) is 5.70. The number of halogens is 3. The van der Waals surface area contributed by atoms with Crippen molar-refractivity contribution in [1.82, 2.24) is 9.97 Å². The predicted molar refractivity (Wildman–Crippen MR) is 57.1 cm³/mol. The van der Waals surface area contributed by atoms with Crippen molar-refractivity contribution < 1.29 is 17.9 Å². The Morgan fingerprint density at radius 3 is 2.59 bits per heavy atom. The highest BCUT2D eigenvalue weighted by Gasteiger charge is 2.28. The fourth-order valence-corrected chi connectivity index (χ4v) is 1.17. The second-order valence-electron chi connectivity index (χ2n) is 3.41. The van der Waals surface area contributed by atoms with Gasteiger partial charge in [0.2, 0.25) is 5.88 Å². The van der Waals surface area contributed by atoms with E-state index in [1.165, 1.54) is 6.07 Å². The number of alkyl halides is 3. The summed E-state index contributed by atoms with van der Waals surface area (Å²) in [6.07, 6.45) is -2.96. The Bertz CT molecular complexity index is 368. The molecule has 0 aliphatic rings. The lowest BCUT2D eigenvalue weighted by Crippen LogP contribution is -2.20. The fraction of sp³-hybridized carbons (Fsp3) is 0.600. The number of hydrogen-bond acceptors (Lipinski definition) is 4. The Hall–Kier alpha value is -1.53. The maximum Gasteiger partial charge on any atom is 0.422 e. The van der Waals surface area contributed by atoms with Gasteiger partial charge in [0.15, 0.2) is 6.61 Å². The Labute approximate surface area is 97.2 Å². The first kappa shape index (κ1) is 13.5. The normalized spacial score (nSPS) is 11.4. The summed E-state index contributed by atoms with van der Waals surface area (Å²) in [6.45, 7) is 0.588. The van der Waals surface area contributed by atoms with E-state index in [1.807, 2.05) is 6.92 Å². The van der Waals surface area contributed by atoms with Crippen LogP contribution in [0.5, 0.6) is 5.88 Å². The van der Waals surface area contributed by atoms with Crippen LogP contribution in [-0.4, -0.2) is 29.8 Å². The molecular formula is C10H14F3N3O. The maximum absolute atomic E-state index is 12.0. The minimum atomic E-state index is -4.37. The van der Waals surface area contributed by atoms with E-state index >= 15 is 0 Å². The molecule has 0 bridgehead atoms. The highest BCUT2D eigenvalue weighted by atomic mass is 19.4. The Morgan fingerprint density at radius 1 is 1.35 bits per heavy atom. The average Bonchev–Trinajstić information content (AvgIpc) is 2.25. The van der Waals surface area contributed by atoms with Crippen LogP contribution < -0.4 is 10.1 Å². The van der Waals surface area contributed by atoms with Crippen molar-refractivity contribution in [2.75, 3.05) is 19.0 Å². The number of nitrogens with zero attached hydrogens (tertiary/aromatic N) is 2. The summed E-state index contributed by atoms with van der Waals surface area (Å²) >= 11 is 0. The first-order valence-electron chi connectivity index (χ1n) is 5.20. The van der Waals surface area contributed by atoms with Crippen LogP contribution in [0.1, 0.15) is 19.2 Å². The summed E-state index contributed by atoms with van der Waals surface area (Å²) in [5.74, 6) is 0.849. The zero-order valence-corrected chi connectivity index (χ0v) is 9.64. The molecule has 4 nitrogen and oxygen atoms in total. The molecular weight excluding hydrogens is 235 g/mol. The van der Waals surface area contributed by atoms with E-state index in [9.17, 15) is 13.2 Å². The third kappa shape index (κ3) is 4.88. The molecule has 0 amide bonds. The fourth-order valence-electron chi connectivity index (χ4n) is 1.17. The number of nitrogens with one attached hydrogen (secondary N) is 1. The lowest BCUT2D eigenvalue weighted by Gasteiger charge is -2.10. The SMILES string of the molecule is CCCc1nc(NC)cc(OCC(F)(F)F)n1. The van der Waals surface area contributed by atoms with Crippen LogP contribution in [-0.2, 0) is 6.42 Å². The molecule has 0 spiro atoms. The molecule has 0 aliphatic heterocycles. The van der Waals surface area contributed by atoms with Crippen molar-refractivity contribution in [3.05, 3.63) is 11.9 Å². The van der Waals surface area contributed by atoms with Gasteiger partial charge < -0.3 is 10.1 Å². The number of aryl methyl sites for hydroxylation is 1. The molecule has 0 fully saturated rings. The highest BCUT2D eigenvalue weighted by molar-refractivity contribution is 5.37. The van der Waals surface area contributed by atoms with Crippen LogP contribution >= 0.6 is 0 Å². The summed E-state index contributed by atoms with van der Waals surface area (Å²) in [5, 5.41) is 2.75. The van der Waals surface area contributed by atoms with Gasteiger partial charge in [0.1, 0.15) is 11.6 Å². The van der Waals surface area contributed by atoms with E-state index in [1.54, 1.807) is 7.05 Å². The molecule has 0 saturated heterocycles. The number of aromatic nitrogens is 2. The average molecular weight is 249 g/mol. The predicted octanol–water partition coefficient (Wildman–Crippen LogP) is 2.41. The van der Waals surface area contributed by atoms with Crippen molar-refractivity contribution in [3.63, 3.8) is 0 Å². The molecule has 0 unspecified atom stereocenters. The van der Waals surface area contributed by atoms with Gasteiger partial charge in [-0.05, 0) is 6.42 Å². The summed E-state index contributed by atoms with van der Waals surface area (Å²) < 4.78 is 40.5. The number of anilines is 1. The summed E-state index contributed by atoms with van der Waals surface area (Å²) in [4.78, 5) is 8.00. The highest BCUT2D eigenvalue weighted by Crippen LogP contribution is 2.19. The minimum Gasteiger partial charge on any atom is -0.468 e. The summed E-state index contributed by atoms with van der Waals surface area (Å²) in [6, 6.07) is 1.34. The molecule has 1 heterocycles. The zero-order chi connectivity index (χ0) is 12.9. The number of ether oxygens (including phenoxy) is 1. The molecule has 0 saturated carbocycles. The first-order chi connectivity index (χ1) is 7.94. The van der Waals surface area contributed by atoms with E-state index in [-0.39, 0.29) is 5.88 Å². The molecule has 0 radical (unpaired) electrons. The molecule has 1 aromatic rings. The second-order valence-corrected chi connectivity index (χ2v) is 3.41. The lowest BCUT2D eigenvalue weighted by atomic mass is 10.3. The van der Waals surface area contributed by atoms with E-state index in [0.29, 0.717) is 18.1 Å². The van der Waals surface area contributed by atoms with Gasteiger partial charge in [-0.3, -0.25) is 0 Å². The van der Waals surface area contributed by atoms with Crippen LogP contribution in [0.25, 0.3) is 0 Å². The smallest absolute Gasteiger partial charge is 0.422 e. The topological polar surface area (TPSA) is 47.0 Å². The molecule has 1 N–H and O–H groups in total. The molecule has 0 aromatic carbocycles. The standard InChI is InChI=1S/C10H14F3N3O/c1-3-4-7-15-8(14-2)5-9(16-7)17-6-10(11,12)13/h5H,3-4,6H2,1-2H3,(H,14,15,16). The Morgan fingerprint density at radius 2 is 2.06 bits per heavy atom. The molecule has 96 valence electrons. The van der Waals surface area contributed by atoms with Crippen molar-refractivity contribution in [2.45, 2.75) is 25.9 Å². The molecule has 0 atom stereocenters. The lowest BCUT2D eigenvalue weighted by molar-refractivity contribution is -0.154. The van der Waals surface area contributed by atoms with E-state index < -0.39 is 12.8 Å². The van der Waals surface area contributed by atoms with Crippen molar-refractivity contribution in [3.8, 4) is 5.88 Å². The third-order valence-corrected chi connectivity index (χ3v) is 1.86. The number of rotatable bonds is 5. The number of hydrogen-bond donors (Lipinski definition) is 1. The van der Waals surface area contributed by atoms with Crippen LogP contribution in [0, 0.1) is 0 Å². The molecule has 1 aromatic heterocycles. The van der Waals surface area contributed by atoms with Gasteiger partial charge in [0.25, 0.3) is 0 Å². The van der Waals surface area contributed by atoms with Crippen LogP contribution in [0.3, 0.4) is 0 Å². The minimum absolute atomic E-state index is 0.0647. The van der Waals surface area contributed by atoms with E-state index in [4.69, 9.17) is 0 Å². The Balaban J connectivity index is 2.79. The van der Waals surface area contributed by atoms with Gasteiger partial charge >= 0.3 is 6.18 Å². The molecule has 17 heavy (non-hydrogen) atoms. The summed E-state index contributed by atoms with van der Waals surface area (Å²) in [5.41, 5.74) is 0. The summed E-state index contributed by atoms with van der Waals surface area (Å²) in [7, 11) is 1.63. The van der Waals surface area contributed by atoms with Gasteiger partial charge in [0.05, 0.1) is 0 Å². The van der Waals surface area contributed by atoms with Crippen LogP contribution in [0.4, 0.5) is 19.0 Å². The van der Waals surface area contributed by atoms with Gasteiger partial charge in [-0.1, -0.05) is 6.92 Å². The van der Waals surface area contributed by atoms with Gasteiger partial charge in [-0.15, -0.1) is 0 Å². The zero-order valence-electron chi connectivity index (χ0n) is 9.64. The van der Waals surface area contributed by atoms with Crippen molar-refractivity contribution in [1.29, 1.82) is 0 Å². The van der Waals surface area contributed by atoms with Crippen LogP contribution in [0.15, 0.2) is 6.07 Å². The molecule has 1 rings (SSSR count). The third-order valence-electron chi connectivity index (χ3n) is 1.86. The van der Waals surface area contributed by atoms with Gasteiger partial charge in [-0.2, -0.15) is 18.2 Å². The first-order valence-corrected chi connectivity index (χ1v) is 5.20.